The SMILES string of the molecule is CC1(C)C(NC(=O)c2ncc(N3CCC(CN4CCC(n5ccc6c(N7CCC(=O)NC7=O)ccnc65)CC4)CC3)cn2)C(C)(C)C1Oc1cnc(C#N)c(C(F)(F)F)c1. The number of likely N-dealkylation sites (tertiary alicyclic amines) is 1. The number of carbonyl (C=O) groups is 3. The van der Waals surface area contributed by atoms with Crippen LogP contribution < -0.4 is 25.2 Å². The van der Waals surface area contributed by atoms with Crippen molar-refractivity contribution in [3.05, 3.63) is 66.3 Å². The highest BCUT2D eigenvalue weighted by Gasteiger charge is 2.64. The highest BCUT2D eigenvalue weighted by molar-refractivity contribution is 6.09. The summed E-state index contributed by atoms with van der Waals surface area (Å²) in [5.74, 6) is -0.236. The lowest BCUT2D eigenvalue weighted by molar-refractivity contribution is -0.165. The summed E-state index contributed by atoms with van der Waals surface area (Å²) in [5, 5.41) is 15.4. The van der Waals surface area contributed by atoms with E-state index >= 15 is 0 Å². The molecule has 1 saturated carbocycles. The Morgan fingerprint density at radius 3 is 2.32 bits per heavy atom. The van der Waals surface area contributed by atoms with Crippen LogP contribution in [0.4, 0.5) is 29.3 Å². The van der Waals surface area contributed by atoms with Crippen molar-refractivity contribution in [2.24, 2.45) is 16.7 Å². The molecule has 18 heteroatoms. The Morgan fingerprint density at radius 1 is 0.967 bits per heavy atom. The molecule has 0 unspecified atom stereocenters. The predicted molar refractivity (Wildman–Crippen MR) is 214 cm³/mol. The van der Waals surface area contributed by atoms with Gasteiger partial charge in [0.05, 0.1) is 35.5 Å². The van der Waals surface area contributed by atoms with E-state index in [1.165, 1.54) is 6.07 Å². The number of nitrogens with one attached hydrogen (secondary N) is 2. The second-order valence-corrected chi connectivity index (χ2v) is 17.5. The Morgan fingerprint density at radius 2 is 1.67 bits per heavy atom. The van der Waals surface area contributed by atoms with Crippen LogP contribution in [0.1, 0.15) is 87.7 Å². The Bertz CT molecular complexity index is 2310. The summed E-state index contributed by atoms with van der Waals surface area (Å²) >= 11 is 0. The molecule has 2 N–H and O–H groups in total. The van der Waals surface area contributed by atoms with Crippen molar-refractivity contribution in [2.45, 2.75) is 84.2 Å². The molecule has 15 nitrogen and oxygen atoms in total. The maximum absolute atomic E-state index is 13.6. The number of nitrogens with zero attached hydrogens (tertiary/aromatic N) is 9. The van der Waals surface area contributed by atoms with Crippen LogP contribution in [-0.2, 0) is 11.0 Å². The van der Waals surface area contributed by atoms with E-state index in [1.54, 1.807) is 23.5 Å². The second-order valence-electron chi connectivity index (χ2n) is 17.5. The number of anilines is 2. The third-order valence-corrected chi connectivity index (χ3v) is 12.9. The summed E-state index contributed by atoms with van der Waals surface area (Å²) in [6, 6.07) is 5.60. The molecule has 8 rings (SSSR count). The normalized spacial score (nSPS) is 22.6. The molecule has 0 aromatic carbocycles. The van der Waals surface area contributed by atoms with Crippen LogP contribution in [0.3, 0.4) is 0 Å². The quantitative estimate of drug-likeness (QED) is 0.211. The van der Waals surface area contributed by atoms with Crippen molar-refractivity contribution in [3.63, 3.8) is 0 Å². The summed E-state index contributed by atoms with van der Waals surface area (Å²) < 4.78 is 48.9. The van der Waals surface area contributed by atoms with Gasteiger partial charge in [-0.3, -0.25) is 19.8 Å². The summed E-state index contributed by atoms with van der Waals surface area (Å²) in [5.41, 5.74) is -0.776. The number of hydrogen-bond donors (Lipinski definition) is 2. The molecular formula is C42H48F3N11O4. The van der Waals surface area contributed by atoms with Gasteiger partial charge in [0.2, 0.25) is 11.7 Å². The summed E-state index contributed by atoms with van der Waals surface area (Å²) in [4.78, 5) is 61.2. The fourth-order valence-electron chi connectivity index (χ4n) is 10.0. The maximum Gasteiger partial charge on any atom is 0.419 e. The summed E-state index contributed by atoms with van der Waals surface area (Å²) in [6.45, 7) is 12.5. The van der Waals surface area contributed by atoms with E-state index in [0.29, 0.717) is 18.5 Å². The van der Waals surface area contributed by atoms with Crippen molar-refractivity contribution >= 4 is 40.3 Å². The van der Waals surface area contributed by atoms with Gasteiger partial charge >= 0.3 is 12.2 Å². The van der Waals surface area contributed by atoms with Crippen LogP contribution in [0, 0.1) is 28.1 Å². The number of pyridine rings is 2. The minimum Gasteiger partial charge on any atom is -0.488 e. The van der Waals surface area contributed by atoms with Crippen LogP contribution in [0.2, 0.25) is 0 Å². The minimum atomic E-state index is -4.76. The largest absolute Gasteiger partial charge is 0.488 e. The molecule has 4 aromatic heterocycles. The lowest BCUT2D eigenvalue weighted by atomic mass is 9.49. The summed E-state index contributed by atoms with van der Waals surface area (Å²) in [7, 11) is 0. The molecule has 1 aliphatic carbocycles. The average Bonchev–Trinajstić information content (AvgIpc) is 3.67. The lowest BCUT2D eigenvalue weighted by Crippen LogP contribution is -2.74. The molecule has 7 heterocycles. The Balaban J connectivity index is 0.804. The number of halogens is 3. The van der Waals surface area contributed by atoms with E-state index in [-0.39, 0.29) is 23.9 Å². The topological polar surface area (TPSA) is 174 Å². The third-order valence-electron chi connectivity index (χ3n) is 12.9. The van der Waals surface area contributed by atoms with E-state index in [4.69, 9.17) is 10.00 Å². The molecule has 4 amide bonds. The standard InChI is InChI=1S/C42H48F3N11O4/c1-40(2)37(41(3,4)38(40)60-28-19-30(42(43,44)45)31(20-46)48-23-28)52-36(58)34-49-21-27(22-50-34)54-15-6-25(7-16-54)24-53-13-8-26(9-14-53)55-17-10-29-32(5-12-47-35(29)55)56-18-11-33(57)51-39(56)59/h5,10,12,17,19,21-23,25-26,37-38H,6-9,11,13-16,18,24H2,1-4H3,(H,52,58)(H,51,57,59). The first kappa shape index (κ1) is 40.9. The predicted octanol–water partition coefficient (Wildman–Crippen LogP) is 5.72. The number of ether oxygens (including phenoxy) is 1. The number of hydrogen-bond acceptors (Lipinski definition) is 11. The monoisotopic (exact) mass is 827 g/mol. The van der Waals surface area contributed by atoms with E-state index in [0.717, 1.165) is 93.1 Å². The number of piperidine rings is 2. The molecule has 0 radical (unpaired) electrons. The number of alkyl halides is 3. The second kappa shape index (κ2) is 15.6. The fraction of sp³-hybridized carbons (Fsp3) is 0.524. The molecule has 4 fully saturated rings. The number of imide groups is 1. The fourth-order valence-corrected chi connectivity index (χ4v) is 10.0. The number of fused-ring (bicyclic) bond motifs is 1. The molecule has 3 aliphatic heterocycles. The number of urea groups is 1. The smallest absolute Gasteiger partial charge is 0.419 e. The highest BCUT2D eigenvalue weighted by Crippen LogP contribution is 2.55. The number of carbonyl (C=O) groups excluding carboxylic acids is 3. The summed E-state index contributed by atoms with van der Waals surface area (Å²) in [6.07, 6.45) is 7.24. The molecule has 0 spiro atoms. The van der Waals surface area contributed by atoms with Gasteiger partial charge in [-0.2, -0.15) is 18.4 Å². The van der Waals surface area contributed by atoms with Gasteiger partial charge in [0.15, 0.2) is 5.69 Å². The maximum atomic E-state index is 13.6. The van der Waals surface area contributed by atoms with Gasteiger partial charge in [-0.1, -0.05) is 27.7 Å². The van der Waals surface area contributed by atoms with Gasteiger partial charge in [-0.05, 0) is 49.8 Å². The van der Waals surface area contributed by atoms with E-state index in [2.05, 4.69) is 51.1 Å². The van der Waals surface area contributed by atoms with Gasteiger partial charge in [-0.25, -0.2) is 24.7 Å². The molecule has 3 saturated heterocycles. The molecule has 0 bridgehead atoms. The Kier molecular flexibility index (Phi) is 10.7. The van der Waals surface area contributed by atoms with Crippen LogP contribution in [0.25, 0.3) is 11.0 Å². The number of rotatable bonds is 9. The van der Waals surface area contributed by atoms with E-state index < -0.39 is 52.3 Å². The van der Waals surface area contributed by atoms with Crippen molar-refractivity contribution < 1.29 is 32.3 Å². The van der Waals surface area contributed by atoms with Gasteiger partial charge in [0.1, 0.15) is 23.6 Å². The van der Waals surface area contributed by atoms with E-state index in [9.17, 15) is 27.6 Å². The van der Waals surface area contributed by atoms with Crippen molar-refractivity contribution in [1.82, 2.24) is 40.0 Å². The van der Waals surface area contributed by atoms with Crippen LogP contribution in [0.5, 0.6) is 5.75 Å². The van der Waals surface area contributed by atoms with Crippen LogP contribution >= 0.6 is 0 Å². The first-order valence-corrected chi connectivity index (χ1v) is 20.4. The Labute approximate surface area is 345 Å². The molecule has 4 aliphatic rings. The van der Waals surface area contributed by atoms with Gasteiger partial charge in [0, 0.05) is 86.4 Å². The van der Waals surface area contributed by atoms with Crippen molar-refractivity contribution in [1.29, 1.82) is 5.26 Å². The van der Waals surface area contributed by atoms with Crippen molar-refractivity contribution in [3.8, 4) is 11.8 Å². The molecule has 60 heavy (non-hydrogen) atoms. The third kappa shape index (κ3) is 7.70. The lowest BCUT2D eigenvalue weighted by Gasteiger charge is -2.62. The Hall–Kier alpha value is -5.83. The van der Waals surface area contributed by atoms with Gasteiger partial charge in [0.25, 0.3) is 5.91 Å². The van der Waals surface area contributed by atoms with Crippen LogP contribution in [-0.4, -0.2) is 98.7 Å². The van der Waals surface area contributed by atoms with Crippen LogP contribution in [0.15, 0.2) is 49.2 Å². The first-order valence-electron chi connectivity index (χ1n) is 20.4. The number of aromatic nitrogens is 5. The van der Waals surface area contributed by atoms with Crippen molar-refractivity contribution in [2.75, 3.05) is 49.1 Å². The average molecular weight is 828 g/mol. The number of amides is 4. The first-order chi connectivity index (χ1) is 28.5. The van der Waals surface area contributed by atoms with Gasteiger partial charge in [-0.15, -0.1) is 0 Å². The molecule has 0 atom stereocenters. The van der Waals surface area contributed by atoms with E-state index in [1.807, 2.05) is 39.8 Å². The zero-order chi connectivity index (χ0) is 42.6. The highest BCUT2D eigenvalue weighted by atomic mass is 19.4. The molecule has 4 aromatic rings. The van der Waals surface area contributed by atoms with Gasteiger partial charge < -0.3 is 24.4 Å². The zero-order valence-electron chi connectivity index (χ0n) is 34.0. The molecular weight excluding hydrogens is 780 g/mol. The minimum absolute atomic E-state index is 0.0235. The number of nitriles is 1. The molecule has 316 valence electrons. The zero-order valence-corrected chi connectivity index (χ0v) is 34.0.